The van der Waals surface area contributed by atoms with Crippen molar-refractivity contribution in [3.8, 4) is 22.5 Å². The van der Waals surface area contributed by atoms with Gasteiger partial charge in [-0.1, -0.05) is 60.7 Å². The summed E-state index contributed by atoms with van der Waals surface area (Å²) in [6, 6.07) is 24.2. The second kappa shape index (κ2) is 11.0. The van der Waals surface area contributed by atoms with Gasteiger partial charge in [-0.2, -0.15) is 0 Å². The van der Waals surface area contributed by atoms with E-state index in [4.69, 9.17) is 0 Å². The lowest BCUT2D eigenvalue weighted by molar-refractivity contribution is 0.253. The highest BCUT2D eigenvalue weighted by atomic mass is 32.2. The summed E-state index contributed by atoms with van der Waals surface area (Å²) in [6.07, 6.45) is 1.50. The lowest BCUT2D eigenvalue weighted by atomic mass is 10.0. The Kier molecular flexibility index (Phi) is 7.19. The monoisotopic (exact) mass is 544 g/mol. The standard InChI is InChI=1S/C25H20N8O3S2/c34-24(27-19-11-13-20(14-12-19)38(35,36)33-25-26-15-16-37-25)32-31-23-28-21(17-7-3-1-4-8-17)22(29-30-23)18-9-5-2-6-10-18/h1-16H,(H,26,33)(H2,27,32,34)(H,28,30,31). The molecule has 0 spiro atoms. The fourth-order valence-electron chi connectivity index (χ4n) is 3.41. The molecule has 0 fully saturated rings. The van der Waals surface area contributed by atoms with E-state index in [0.29, 0.717) is 17.1 Å². The first-order chi connectivity index (χ1) is 18.5. The van der Waals surface area contributed by atoms with Crippen LogP contribution in [0.5, 0.6) is 0 Å². The number of anilines is 3. The van der Waals surface area contributed by atoms with Crippen molar-refractivity contribution in [1.29, 1.82) is 0 Å². The van der Waals surface area contributed by atoms with Crippen LogP contribution in [0.15, 0.2) is 101 Å². The first-order valence-corrected chi connectivity index (χ1v) is 13.6. The quantitative estimate of drug-likeness (QED) is 0.207. The molecule has 5 aromatic rings. The molecule has 2 aromatic heterocycles. The number of nitrogens with zero attached hydrogens (tertiary/aromatic N) is 4. The van der Waals surface area contributed by atoms with Gasteiger partial charge in [0.1, 0.15) is 11.4 Å². The molecule has 0 aliphatic carbocycles. The van der Waals surface area contributed by atoms with Gasteiger partial charge in [0.25, 0.3) is 16.0 Å². The Morgan fingerprint density at radius 1 is 0.789 bits per heavy atom. The van der Waals surface area contributed by atoms with Gasteiger partial charge in [0.05, 0.1) is 4.90 Å². The predicted molar refractivity (Wildman–Crippen MR) is 146 cm³/mol. The van der Waals surface area contributed by atoms with E-state index in [2.05, 4.69) is 41.1 Å². The molecule has 0 saturated heterocycles. The van der Waals surface area contributed by atoms with Gasteiger partial charge in [0.15, 0.2) is 5.13 Å². The van der Waals surface area contributed by atoms with Crippen molar-refractivity contribution in [1.82, 2.24) is 25.6 Å². The minimum atomic E-state index is -3.79. The molecule has 0 atom stereocenters. The molecule has 0 bridgehead atoms. The zero-order valence-electron chi connectivity index (χ0n) is 19.6. The number of carbonyl (C=O) groups excluding carboxylic acids is 1. The number of hydrazine groups is 1. The molecule has 38 heavy (non-hydrogen) atoms. The van der Waals surface area contributed by atoms with E-state index >= 15 is 0 Å². The fraction of sp³-hybridized carbons (Fsp3) is 0. The van der Waals surface area contributed by atoms with Crippen molar-refractivity contribution in [3.05, 3.63) is 96.5 Å². The van der Waals surface area contributed by atoms with Crippen molar-refractivity contribution in [2.45, 2.75) is 4.90 Å². The van der Waals surface area contributed by atoms with Crippen LogP contribution in [-0.4, -0.2) is 34.6 Å². The largest absolute Gasteiger partial charge is 0.337 e. The molecule has 2 amide bonds. The number of thiazole rings is 1. The number of sulfonamides is 1. The van der Waals surface area contributed by atoms with Gasteiger partial charge in [0, 0.05) is 28.4 Å². The number of amides is 2. The van der Waals surface area contributed by atoms with Gasteiger partial charge in [-0.25, -0.2) is 28.6 Å². The van der Waals surface area contributed by atoms with Crippen LogP contribution in [0.25, 0.3) is 22.5 Å². The topological polar surface area (TPSA) is 151 Å². The van der Waals surface area contributed by atoms with Gasteiger partial charge < -0.3 is 5.32 Å². The lowest BCUT2D eigenvalue weighted by Gasteiger charge is -2.12. The summed E-state index contributed by atoms with van der Waals surface area (Å²) in [5.74, 6) is 0.0911. The second-order valence-electron chi connectivity index (χ2n) is 7.74. The molecule has 190 valence electrons. The van der Waals surface area contributed by atoms with Gasteiger partial charge in [0.2, 0.25) is 0 Å². The minimum Gasteiger partial charge on any atom is -0.307 e. The summed E-state index contributed by atoms with van der Waals surface area (Å²) in [5.41, 5.74) is 8.39. The number of rotatable bonds is 8. The fourth-order valence-corrected chi connectivity index (χ4v) is 5.20. The van der Waals surface area contributed by atoms with E-state index in [1.807, 2.05) is 60.7 Å². The van der Waals surface area contributed by atoms with E-state index in [1.165, 1.54) is 41.8 Å². The Bertz CT molecular complexity index is 1630. The number of carbonyl (C=O) groups is 1. The normalized spacial score (nSPS) is 10.9. The molecular formula is C25H20N8O3S2. The van der Waals surface area contributed by atoms with E-state index in [0.717, 1.165) is 11.1 Å². The number of benzene rings is 3. The van der Waals surface area contributed by atoms with E-state index in [1.54, 1.807) is 5.38 Å². The molecule has 5 rings (SSSR count). The molecule has 0 aliphatic heterocycles. The third-order valence-electron chi connectivity index (χ3n) is 5.15. The molecular weight excluding hydrogens is 524 g/mol. The van der Waals surface area contributed by atoms with Crippen LogP contribution in [0.2, 0.25) is 0 Å². The van der Waals surface area contributed by atoms with Crippen LogP contribution >= 0.6 is 11.3 Å². The number of hydrogen-bond acceptors (Lipinski definition) is 9. The predicted octanol–water partition coefficient (Wildman–Crippen LogP) is 4.61. The minimum absolute atomic E-state index is 0.0307. The Morgan fingerprint density at radius 2 is 1.45 bits per heavy atom. The highest BCUT2D eigenvalue weighted by Crippen LogP contribution is 2.28. The summed E-state index contributed by atoms with van der Waals surface area (Å²) in [4.78, 5) is 20.9. The van der Waals surface area contributed by atoms with Gasteiger partial charge in [-0.15, -0.1) is 21.5 Å². The van der Waals surface area contributed by atoms with Crippen LogP contribution in [0, 0.1) is 0 Å². The Morgan fingerprint density at radius 3 is 2.08 bits per heavy atom. The van der Waals surface area contributed by atoms with E-state index < -0.39 is 16.1 Å². The maximum absolute atomic E-state index is 12.5. The number of urea groups is 1. The first-order valence-electron chi connectivity index (χ1n) is 11.2. The van der Waals surface area contributed by atoms with Crippen LogP contribution in [-0.2, 0) is 10.0 Å². The van der Waals surface area contributed by atoms with Crippen LogP contribution < -0.4 is 20.9 Å². The third kappa shape index (κ3) is 5.91. The molecule has 0 saturated carbocycles. The molecule has 11 nitrogen and oxygen atoms in total. The zero-order chi connectivity index (χ0) is 26.4. The molecule has 13 heteroatoms. The average Bonchev–Trinajstić information content (AvgIpc) is 3.45. The smallest absolute Gasteiger partial charge is 0.307 e. The van der Waals surface area contributed by atoms with Gasteiger partial charge >= 0.3 is 6.03 Å². The summed E-state index contributed by atoms with van der Waals surface area (Å²) in [7, 11) is -3.79. The lowest BCUT2D eigenvalue weighted by Crippen LogP contribution is -2.34. The summed E-state index contributed by atoms with van der Waals surface area (Å²) < 4.78 is 27.3. The molecule has 3 aromatic carbocycles. The van der Waals surface area contributed by atoms with Crippen molar-refractivity contribution in [2.75, 3.05) is 15.5 Å². The highest BCUT2D eigenvalue weighted by molar-refractivity contribution is 7.93. The summed E-state index contributed by atoms with van der Waals surface area (Å²) in [6.45, 7) is 0. The van der Waals surface area contributed by atoms with Crippen molar-refractivity contribution in [3.63, 3.8) is 0 Å². The molecule has 0 unspecified atom stereocenters. The number of hydrogen-bond donors (Lipinski definition) is 4. The third-order valence-corrected chi connectivity index (χ3v) is 7.32. The van der Waals surface area contributed by atoms with Crippen molar-refractivity contribution in [2.24, 2.45) is 0 Å². The Balaban J connectivity index is 1.25. The molecule has 4 N–H and O–H groups in total. The maximum atomic E-state index is 12.5. The van der Waals surface area contributed by atoms with E-state index in [-0.39, 0.29) is 16.0 Å². The van der Waals surface area contributed by atoms with Crippen LogP contribution in [0.4, 0.5) is 21.6 Å². The second-order valence-corrected chi connectivity index (χ2v) is 10.3. The molecule has 2 heterocycles. The highest BCUT2D eigenvalue weighted by Gasteiger charge is 2.16. The summed E-state index contributed by atoms with van der Waals surface area (Å²) in [5, 5.41) is 13.0. The Labute approximate surface area is 222 Å². The van der Waals surface area contributed by atoms with Crippen molar-refractivity contribution < 1.29 is 13.2 Å². The summed E-state index contributed by atoms with van der Waals surface area (Å²) >= 11 is 1.17. The average molecular weight is 545 g/mol. The first kappa shape index (κ1) is 24.8. The molecule has 0 radical (unpaired) electrons. The maximum Gasteiger partial charge on any atom is 0.337 e. The number of nitrogens with one attached hydrogen (secondary N) is 4. The van der Waals surface area contributed by atoms with Gasteiger partial charge in [-0.3, -0.25) is 10.1 Å². The van der Waals surface area contributed by atoms with Gasteiger partial charge in [-0.05, 0) is 24.3 Å². The van der Waals surface area contributed by atoms with E-state index in [9.17, 15) is 13.2 Å². The van der Waals surface area contributed by atoms with Crippen LogP contribution in [0.1, 0.15) is 0 Å². The van der Waals surface area contributed by atoms with Crippen molar-refractivity contribution >= 4 is 44.2 Å². The zero-order valence-corrected chi connectivity index (χ0v) is 21.2. The number of aromatic nitrogens is 4. The SMILES string of the molecule is O=C(NNc1nnc(-c2ccccc2)c(-c2ccccc2)n1)Nc1ccc(S(=O)(=O)Nc2nccs2)cc1. The van der Waals surface area contributed by atoms with Crippen LogP contribution in [0.3, 0.4) is 0 Å². The Hall–Kier alpha value is -4.88. The molecule has 0 aliphatic rings.